The van der Waals surface area contributed by atoms with Crippen molar-refractivity contribution in [1.82, 2.24) is 9.97 Å². The molecule has 6 rings (SSSR count). The Morgan fingerprint density at radius 2 is 1.95 bits per heavy atom. The number of anilines is 2. The highest BCUT2D eigenvalue weighted by Gasteiger charge is 2.40. The van der Waals surface area contributed by atoms with Crippen LogP contribution in [0, 0.1) is 11.8 Å². The van der Waals surface area contributed by atoms with E-state index in [1.165, 1.54) is 24.2 Å². The number of pyridine rings is 1. The average Bonchev–Trinajstić information content (AvgIpc) is 3.41. The highest BCUT2D eigenvalue weighted by Crippen LogP contribution is 2.41. The summed E-state index contributed by atoms with van der Waals surface area (Å²) in [5.74, 6) is -0.416. The molecule has 8 nitrogen and oxygen atoms in total. The zero-order chi connectivity index (χ0) is 26.9. The van der Waals surface area contributed by atoms with Crippen LogP contribution in [0.2, 0.25) is 0 Å². The second-order valence-electron chi connectivity index (χ2n) is 11.0. The van der Waals surface area contributed by atoms with Crippen molar-refractivity contribution < 1.29 is 19.4 Å². The molecule has 204 valence electrons. The van der Waals surface area contributed by atoms with Crippen molar-refractivity contribution in [2.75, 3.05) is 30.0 Å². The van der Waals surface area contributed by atoms with Gasteiger partial charge in [-0.15, -0.1) is 11.3 Å². The van der Waals surface area contributed by atoms with Crippen molar-refractivity contribution in [3.63, 3.8) is 0 Å². The number of rotatable bonds is 9. The molecule has 1 N–H and O–H groups in total. The molecule has 3 aromatic rings. The Hall–Kier alpha value is -3.46. The molecule has 2 aliphatic carbocycles. The maximum absolute atomic E-state index is 13.9. The van der Waals surface area contributed by atoms with Gasteiger partial charge in [0.15, 0.2) is 5.13 Å². The number of amides is 1. The van der Waals surface area contributed by atoms with E-state index in [-0.39, 0.29) is 18.4 Å². The summed E-state index contributed by atoms with van der Waals surface area (Å²) < 4.78 is 5.73. The molecule has 3 aliphatic rings. The Kier molecular flexibility index (Phi) is 7.25. The monoisotopic (exact) mass is 546 g/mol. The van der Waals surface area contributed by atoms with Gasteiger partial charge in [0, 0.05) is 41.7 Å². The number of aliphatic carboxylic acids is 1. The van der Waals surface area contributed by atoms with Crippen LogP contribution in [0.1, 0.15) is 51.4 Å². The minimum absolute atomic E-state index is 0.0806. The maximum atomic E-state index is 13.9. The van der Waals surface area contributed by atoms with Crippen LogP contribution in [0.15, 0.2) is 41.9 Å². The molecule has 1 aliphatic heterocycles. The molecule has 0 unspecified atom stereocenters. The molecule has 0 bridgehead atoms. The second kappa shape index (κ2) is 11.0. The molecule has 39 heavy (non-hydrogen) atoms. The van der Waals surface area contributed by atoms with E-state index >= 15 is 0 Å². The molecule has 2 aromatic heterocycles. The van der Waals surface area contributed by atoms with Crippen molar-refractivity contribution >= 4 is 34.0 Å². The second-order valence-corrected chi connectivity index (χ2v) is 11.8. The minimum atomic E-state index is -0.912. The highest BCUT2D eigenvalue weighted by atomic mass is 32.1. The number of likely N-dealkylation sites (N-methyl/N-ethyl adjacent to an activating group) is 1. The summed E-state index contributed by atoms with van der Waals surface area (Å²) in [5.41, 5.74) is 4.72. The number of aromatic nitrogens is 2. The molecule has 1 amide bonds. The van der Waals surface area contributed by atoms with Crippen LogP contribution in [0.5, 0.6) is 5.88 Å². The molecule has 9 heteroatoms. The summed E-state index contributed by atoms with van der Waals surface area (Å²) in [6.45, 7) is 1.43. The predicted molar refractivity (Wildman–Crippen MR) is 152 cm³/mol. The van der Waals surface area contributed by atoms with Gasteiger partial charge in [0.05, 0.1) is 18.7 Å². The zero-order valence-corrected chi connectivity index (χ0v) is 23.0. The van der Waals surface area contributed by atoms with E-state index in [2.05, 4.69) is 22.0 Å². The molecular weight excluding hydrogens is 512 g/mol. The van der Waals surface area contributed by atoms with Crippen LogP contribution >= 0.6 is 11.3 Å². The highest BCUT2D eigenvalue weighted by molar-refractivity contribution is 7.14. The van der Waals surface area contributed by atoms with Crippen LogP contribution < -0.4 is 14.5 Å². The van der Waals surface area contributed by atoms with Gasteiger partial charge in [-0.05, 0) is 36.8 Å². The number of carboxylic acid groups (broad SMARTS) is 1. The van der Waals surface area contributed by atoms with Gasteiger partial charge in [-0.1, -0.05) is 49.9 Å². The zero-order valence-electron chi connectivity index (χ0n) is 22.2. The van der Waals surface area contributed by atoms with Crippen LogP contribution in [-0.2, 0) is 9.59 Å². The Morgan fingerprint density at radius 1 is 1.18 bits per heavy atom. The number of carboxylic acids is 1. The lowest BCUT2D eigenvalue weighted by Gasteiger charge is -2.27. The van der Waals surface area contributed by atoms with Gasteiger partial charge in [0.25, 0.3) is 0 Å². The van der Waals surface area contributed by atoms with Crippen LogP contribution in [0.25, 0.3) is 22.4 Å². The topological polar surface area (TPSA) is 95.9 Å². The number of carbonyl (C=O) groups is 2. The molecule has 1 atom stereocenters. The first-order valence-electron chi connectivity index (χ1n) is 13.9. The van der Waals surface area contributed by atoms with Crippen LogP contribution in [0.4, 0.5) is 10.8 Å². The van der Waals surface area contributed by atoms with Crippen molar-refractivity contribution in [2.45, 2.75) is 57.4 Å². The van der Waals surface area contributed by atoms with Crippen molar-refractivity contribution in [3.8, 4) is 28.3 Å². The molecule has 0 spiro atoms. The number of hydrogen-bond acceptors (Lipinski definition) is 7. The fourth-order valence-electron chi connectivity index (χ4n) is 5.92. The molecule has 0 radical (unpaired) electrons. The van der Waals surface area contributed by atoms with Crippen molar-refractivity contribution in [1.29, 1.82) is 0 Å². The van der Waals surface area contributed by atoms with Gasteiger partial charge in [0.1, 0.15) is 12.3 Å². The third kappa shape index (κ3) is 5.50. The summed E-state index contributed by atoms with van der Waals surface area (Å²) in [6, 6.07) is 10.3. The Bertz CT molecular complexity index is 1360. The van der Waals surface area contributed by atoms with Crippen molar-refractivity contribution in [3.05, 3.63) is 41.9 Å². The lowest BCUT2D eigenvalue weighted by atomic mass is 9.90. The van der Waals surface area contributed by atoms with E-state index in [0.29, 0.717) is 30.0 Å². The molecule has 1 aromatic carbocycles. The number of hydrogen-bond donors (Lipinski definition) is 1. The van der Waals surface area contributed by atoms with E-state index in [0.717, 1.165) is 60.3 Å². The quantitative estimate of drug-likeness (QED) is 0.359. The van der Waals surface area contributed by atoms with E-state index in [9.17, 15) is 14.7 Å². The molecule has 3 heterocycles. The third-order valence-corrected chi connectivity index (χ3v) is 8.97. The van der Waals surface area contributed by atoms with E-state index in [1.807, 2.05) is 41.7 Å². The number of thiazole rings is 1. The summed E-state index contributed by atoms with van der Waals surface area (Å²) >= 11 is 1.46. The van der Waals surface area contributed by atoms with E-state index in [4.69, 9.17) is 9.72 Å². The molecule has 0 saturated heterocycles. The smallest absolute Gasteiger partial charge is 0.304 e. The van der Waals surface area contributed by atoms with Gasteiger partial charge >= 0.3 is 5.97 Å². The van der Waals surface area contributed by atoms with Crippen molar-refractivity contribution in [2.24, 2.45) is 11.8 Å². The molecule has 2 fully saturated rings. The molecule has 2 saturated carbocycles. The number of fused-ring (bicyclic) bond motifs is 1. The lowest BCUT2D eigenvalue weighted by Crippen LogP contribution is -2.39. The number of benzene rings is 1. The fraction of sp³-hybridized carbons (Fsp3) is 0.467. The van der Waals surface area contributed by atoms with E-state index in [1.54, 1.807) is 0 Å². The standard InChI is InChI=1S/C30H34N4O4S/c1-33-12-13-38-28-26(33)15-21(17-31-28)23-8-4-5-9-24(23)25-18-39-30(32-25)34(22-10-11-22)29(37)20(16-27(35)36)14-19-6-2-3-7-19/h4-5,8-9,15,17-20,22H,2-3,6-7,10-14,16H2,1H3,(H,35,36)/t20-/m1/s1. The lowest BCUT2D eigenvalue weighted by molar-refractivity contribution is -0.141. The van der Waals surface area contributed by atoms with Gasteiger partial charge < -0.3 is 14.7 Å². The largest absolute Gasteiger partial charge is 0.481 e. The number of nitrogens with zero attached hydrogens (tertiary/aromatic N) is 4. The summed E-state index contributed by atoms with van der Waals surface area (Å²) in [4.78, 5) is 39.1. The summed E-state index contributed by atoms with van der Waals surface area (Å²) in [5, 5.41) is 12.3. The Balaban J connectivity index is 1.30. The maximum Gasteiger partial charge on any atom is 0.304 e. The Morgan fingerprint density at radius 3 is 2.69 bits per heavy atom. The van der Waals surface area contributed by atoms with Crippen LogP contribution in [0.3, 0.4) is 0 Å². The summed E-state index contributed by atoms with van der Waals surface area (Å²) in [6.07, 6.45) is 8.74. The average molecular weight is 547 g/mol. The first-order chi connectivity index (χ1) is 19.0. The minimum Gasteiger partial charge on any atom is -0.481 e. The third-order valence-electron chi connectivity index (χ3n) is 8.13. The number of carbonyl (C=O) groups excluding carboxylic acids is 1. The normalized spacial score (nSPS) is 17.9. The summed E-state index contributed by atoms with van der Waals surface area (Å²) in [7, 11) is 2.04. The van der Waals surface area contributed by atoms with Crippen LogP contribution in [-0.4, -0.2) is 53.2 Å². The SMILES string of the molecule is CN1CCOc2ncc(-c3ccccc3-c3csc(N(C(=O)[C@@H](CC(=O)O)CC4CCCC4)C4CC4)n3)cc21. The first kappa shape index (κ1) is 25.8. The van der Waals surface area contributed by atoms with Gasteiger partial charge in [0.2, 0.25) is 11.8 Å². The van der Waals surface area contributed by atoms with Gasteiger partial charge in [-0.25, -0.2) is 9.97 Å². The van der Waals surface area contributed by atoms with E-state index < -0.39 is 11.9 Å². The Labute approximate surface area is 232 Å². The predicted octanol–water partition coefficient (Wildman–Crippen LogP) is 5.87. The number of ether oxygens (including phenoxy) is 1. The molecular formula is C30H34N4O4S. The van der Waals surface area contributed by atoms with Gasteiger partial charge in [-0.2, -0.15) is 0 Å². The fourth-order valence-corrected chi connectivity index (χ4v) is 6.82. The first-order valence-corrected chi connectivity index (χ1v) is 14.8. The van der Waals surface area contributed by atoms with Gasteiger partial charge in [-0.3, -0.25) is 14.5 Å².